The molecule has 1 aliphatic rings. The fourth-order valence-electron chi connectivity index (χ4n) is 1.81. The Labute approximate surface area is 113 Å². The lowest BCUT2D eigenvalue weighted by Crippen LogP contribution is -2.26. The largest absolute Gasteiger partial charge is 0.468 e. The lowest BCUT2D eigenvalue weighted by molar-refractivity contribution is -0.159. The summed E-state index contributed by atoms with van der Waals surface area (Å²) in [6, 6.07) is 0. The van der Waals surface area contributed by atoms with Gasteiger partial charge < -0.3 is 14.2 Å². The Bertz CT molecular complexity index is 343. The summed E-state index contributed by atoms with van der Waals surface area (Å²) in [5.41, 5.74) is 0. The van der Waals surface area contributed by atoms with E-state index in [9.17, 15) is 9.59 Å². The highest BCUT2D eigenvalue weighted by atomic mass is 16.5. The highest BCUT2D eigenvalue weighted by molar-refractivity contribution is 5.94. The third-order valence-electron chi connectivity index (χ3n) is 2.89. The Morgan fingerprint density at radius 2 is 2.00 bits per heavy atom. The van der Waals surface area contributed by atoms with Crippen LogP contribution < -0.4 is 0 Å². The molecule has 1 aliphatic heterocycles. The van der Waals surface area contributed by atoms with Crippen molar-refractivity contribution in [2.75, 3.05) is 20.8 Å². The minimum atomic E-state index is -0.855. The molecule has 1 unspecified atom stereocenters. The average Bonchev–Trinajstić information content (AvgIpc) is 2.47. The SMILES string of the molecule is COC(=O)C(CCC=CC1CC=CCO1)C(=O)OC. The first-order valence-electron chi connectivity index (χ1n) is 6.28. The van der Waals surface area contributed by atoms with Crippen molar-refractivity contribution >= 4 is 11.9 Å². The van der Waals surface area contributed by atoms with Crippen LogP contribution in [0.1, 0.15) is 19.3 Å². The lowest BCUT2D eigenvalue weighted by Gasteiger charge is -2.15. The van der Waals surface area contributed by atoms with Crippen molar-refractivity contribution in [3.8, 4) is 0 Å². The number of hydrogen-bond acceptors (Lipinski definition) is 5. The summed E-state index contributed by atoms with van der Waals surface area (Å²) in [4.78, 5) is 22.9. The number of methoxy groups -OCH3 is 2. The average molecular weight is 268 g/mol. The van der Waals surface area contributed by atoms with Gasteiger partial charge in [0.1, 0.15) is 0 Å². The van der Waals surface area contributed by atoms with Crippen LogP contribution >= 0.6 is 0 Å². The van der Waals surface area contributed by atoms with E-state index in [4.69, 9.17) is 4.74 Å². The molecule has 0 radical (unpaired) electrons. The Morgan fingerprint density at radius 3 is 2.53 bits per heavy atom. The maximum Gasteiger partial charge on any atom is 0.320 e. The molecular formula is C14H20O5. The summed E-state index contributed by atoms with van der Waals surface area (Å²) in [6.45, 7) is 0.627. The Balaban J connectivity index is 2.39. The molecule has 0 aliphatic carbocycles. The second-order valence-corrected chi connectivity index (χ2v) is 4.18. The fraction of sp³-hybridized carbons (Fsp3) is 0.571. The van der Waals surface area contributed by atoms with Crippen molar-refractivity contribution in [1.29, 1.82) is 0 Å². The van der Waals surface area contributed by atoms with E-state index in [-0.39, 0.29) is 6.10 Å². The van der Waals surface area contributed by atoms with Gasteiger partial charge in [-0.3, -0.25) is 9.59 Å². The number of carbonyl (C=O) groups is 2. The van der Waals surface area contributed by atoms with Gasteiger partial charge in [-0.2, -0.15) is 0 Å². The normalized spacial score (nSPS) is 18.8. The summed E-state index contributed by atoms with van der Waals surface area (Å²) in [6.07, 6.45) is 9.83. The summed E-state index contributed by atoms with van der Waals surface area (Å²) in [7, 11) is 2.52. The number of carbonyl (C=O) groups excluding carboxylic acids is 2. The van der Waals surface area contributed by atoms with Crippen molar-refractivity contribution in [3.63, 3.8) is 0 Å². The smallest absolute Gasteiger partial charge is 0.320 e. The first-order chi connectivity index (χ1) is 9.19. The van der Waals surface area contributed by atoms with E-state index in [1.54, 1.807) is 0 Å². The van der Waals surface area contributed by atoms with Gasteiger partial charge in [0.2, 0.25) is 0 Å². The third-order valence-corrected chi connectivity index (χ3v) is 2.89. The molecule has 0 fully saturated rings. The fourth-order valence-corrected chi connectivity index (χ4v) is 1.81. The van der Waals surface area contributed by atoms with Gasteiger partial charge in [0.25, 0.3) is 0 Å². The first kappa shape index (κ1) is 15.4. The van der Waals surface area contributed by atoms with Crippen LogP contribution in [0.25, 0.3) is 0 Å². The van der Waals surface area contributed by atoms with Crippen LogP contribution in [0.5, 0.6) is 0 Å². The van der Waals surface area contributed by atoms with Gasteiger partial charge in [0.05, 0.1) is 26.9 Å². The van der Waals surface area contributed by atoms with Crippen LogP contribution in [-0.4, -0.2) is 38.9 Å². The topological polar surface area (TPSA) is 61.8 Å². The minimum absolute atomic E-state index is 0.0831. The van der Waals surface area contributed by atoms with Gasteiger partial charge in [0, 0.05) is 0 Å². The number of ether oxygens (including phenoxy) is 3. The lowest BCUT2D eigenvalue weighted by atomic mass is 10.0. The maximum absolute atomic E-state index is 11.4. The second-order valence-electron chi connectivity index (χ2n) is 4.18. The number of rotatable bonds is 6. The summed E-state index contributed by atoms with van der Waals surface area (Å²) in [5, 5.41) is 0. The predicted molar refractivity (Wildman–Crippen MR) is 69.4 cm³/mol. The maximum atomic E-state index is 11.4. The van der Waals surface area contributed by atoms with Crippen LogP contribution in [0.15, 0.2) is 24.3 Å². The Hall–Kier alpha value is -1.62. The molecule has 5 nitrogen and oxygen atoms in total. The van der Waals surface area contributed by atoms with E-state index in [2.05, 4.69) is 15.5 Å². The van der Waals surface area contributed by atoms with Gasteiger partial charge in [-0.15, -0.1) is 0 Å². The van der Waals surface area contributed by atoms with Gasteiger partial charge in [-0.05, 0) is 19.3 Å². The molecule has 5 heteroatoms. The Kier molecular flexibility index (Phi) is 6.89. The van der Waals surface area contributed by atoms with Crippen LogP contribution in [0, 0.1) is 5.92 Å². The molecule has 0 saturated heterocycles. The van der Waals surface area contributed by atoms with Gasteiger partial charge in [-0.1, -0.05) is 24.3 Å². The molecule has 106 valence electrons. The van der Waals surface area contributed by atoms with Gasteiger partial charge in [0.15, 0.2) is 5.92 Å². The summed E-state index contributed by atoms with van der Waals surface area (Å²) >= 11 is 0. The molecular weight excluding hydrogens is 248 g/mol. The third kappa shape index (κ3) is 5.26. The van der Waals surface area contributed by atoms with Crippen molar-refractivity contribution in [2.45, 2.75) is 25.4 Å². The van der Waals surface area contributed by atoms with Crippen molar-refractivity contribution in [1.82, 2.24) is 0 Å². The quantitative estimate of drug-likeness (QED) is 0.416. The highest BCUT2D eigenvalue weighted by Crippen LogP contribution is 2.13. The van der Waals surface area contributed by atoms with E-state index in [1.165, 1.54) is 14.2 Å². The van der Waals surface area contributed by atoms with Crippen LogP contribution in [-0.2, 0) is 23.8 Å². The summed E-state index contributed by atoms with van der Waals surface area (Å²) < 4.78 is 14.6. The van der Waals surface area contributed by atoms with Crippen LogP contribution in [0.3, 0.4) is 0 Å². The molecule has 0 spiro atoms. The molecule has 0 aromatic rings. The second kappa shape index (κ2) is 8.48. The standard InChI is InChI=1S/C14H20O5/c1-17-13(15)12(14(16)18-2)9-4-3-7-11-8-5-6-10-19-11/h3,5-7,11-12H,4,8-10H2,1-2H3. The monoisotopic (exact) mass is 268 g/mol. The van der Waals surface area contributed by atoms with Crippen molar-refractivity contribution < 1.29 is 23.8 Å². The predicted octanol–water partition coefficient (Wildman–Crippen LogP) is 1.63. The van der Waals surface area contributed by atoms with E-state index in [0.717, 1.165) is 6.42 Å². The molecule has 0 bridgehead atoms. The van der Waals surface area contributed by atoms with Gasteiger partial charge in [-0.25, -0.2) is 0 Å². The van der Waals surface area contributed by atoms with Crippen molar-refractivity contribution in [3.05, 3.63) is 24.3 Å². The van der Waals surface area contributed by atoms with Gasteiger partial charge >= 0.3 is 11.9 Å². The molecule has 1 rings (SSSR count). The molecule has 0 amide bonds. The van der Waals surface area contributed by atoms with Crippen LogP contribution in [0.4, 0.5) is 0 Å². The Morgan fingerprint density at radius 1 is 1.32 bits per heavy atom. The zero-order chi connectivity index (χ0) is 14.1. The molecule has 0 N–H and O–H groups in total. The van der Waals surface area contributed by atoms with E-state index in [0.29, 0.717) is 19.4 Å². The zero-order valence-electron chi connectivity index (χ0n) is 11.3. The minimum Gasteiger partial charge on any atom is -0.468 e. The molecule has 0 aromatic carbocycles. The summed E-state index contributed by atoms with van der Waals surface area (Å²) in [5.74, 6) is -1.97. The molecule has 1 atom stereocenters. The number of allylic oxidation sites excluding steroid dienone is 1. The molecule has 0 aromatic heterocycles. The number of hydrogen-bond donors (Lipinski definition) is 0. The first-order valence-corrected chi connectivity index (χ1v) is 6.28. The molecule has 1 heterocycles. The van der Waals surface area contributed by atoms with Crippen molar-refractivity contribution in [2.24, 2.45) is 5.92 Å². The van der Waals surface area contributed by atoms with E-state index in [1.807, 2.05) is 18.2 Å². The highest BCUT2D eigenvalue weighted by Gasteiger charge is 2.27. The molecule has 19 heavy (non-hydrogen) atoms. The number of esters is 2. The zero-order valence-corrected chi connectivity index (χ0v) is 11.3. The van der Waals surface area contributed by atoms with Crippen LogP contribution in [0.2, 0.25) is 0 Å². The molecule has 0 saturated carbocycles. The van der Waals surface area contributed by atoms with E-state index < -0.39 is 17.9 Å². The van der Waals surface area contributed by atoms with E-state index >= 15 is 0 Å².